The van der Waals surface area contributed by atoms with Gasteiger partial charge in [-0.1, -0.05) is 24.3 Å². The van der Waals surface area contributed by atoms with E-state index in [2.05, 4.69) is 0 Å². The van der Waals surface area contributed by atoms with Gasteiger partial charge in [0.15, 0.2) is 11.5 Å². The van der Waals surface area contributed by atoms with E-state index in [9.17, 15) is 18.0 Å². The molecule has 3 aromatic rings. The molecule has 8 heteroatoms. The largest absolute Gasteiger partial charge is 0.489 e. The number of rotatable bonds is 5. The molecular weight excluding hydrogens is 483 g/mol. The Balaban J connectivity index is 1.46. The van der Waals surface area contributed by atoms with Gasteiger partial charge in [-0.05, 0) is 66.4 Å². The molecule has 2 heterocycles. The Bertz CT molecular complexity index is 1270. The molecule has 37 heavy (non-hydrogen) atoms. The Morgan fingerprint density at radius 3 is 2.57 bits per heavy atom. The molecule has 194 valence electrons. The molecular formula is C29H28F3NO4. The third-order valence-corrected chi connectivity index (χ3v) is 6.80. The number of carbonyl (C=O) groups excluding carboxylic acids is 1. The maximum absolute atomic E-state index is 13.3. The Kier molecular flexibility index (Phi) is 7.11. The summed E-state index contributed by atoms with van der Waals surface area (Å²) < 4.78 is 56.7. The summed E-state index contributed by atoms with van der Waals surface area (Å²) in [4.78, 5) is 14.9. The number of nitrogens with zero attached hydrogens (tertiary/aromatic N) is 1. The molecule has 1 atom stereocenters. The Hall–Kier alpha value is -3.52. The summed E-state index contributed by atoms with van der Waals surface area (Å²) in [7, 11) is 0. The minimum absolute atomic E-state index is 0.198. The highest BCUT2D eigenvalue weighted by atomic mass is 19.4. The fourth-order valence-electron chi connectivity index (χ4n) is 4.72. The van der Waals surface area contributed by atoms with Crippen molar-refractivity contribution in [2.45, 2.75) is 26.1 Å². The lowest BCUT2D eigenvalue weighted by molar-refractivity contribution is -0.137. The number of halogens is 3. The van der Waals surface area contributed by atoms with Crippen LogP contribution in [0.5, 0.6) is 11.5 Å². The molecule has 1 unspecified atom stereocenters. The first-order valence-electron chi connectivity index (χ1n) is 12.3. The van der Waals surface area contributed by atoms with Crippen LogP contribution in [-0.2, 0) is 17.5 Å². The van der Waals surface area contributed by atoms with Crippen LogP contribution in [0, 0.1) is 12.8 Å². The van der Waals surface area contributed by atoms with Gasteiger partial charge in [-0.15, -0.1) is 0 Å². The maximum Gasteiger partial charge on any atom is 0.416 e. The lowest BCUT2D eigenvalue weighted by Crippen LogP contribution is -2.32. The van der Waals surface area contributed by atoms with Gasteiger partial charge in [0.25, 0.3) is 5.91 Å². The normalized spacial score (nSPS) is 17.6. The van der Waals surface area contributed by atoms with Crippen molar-refractivity contribution in [3.05, 3.63) is 82.9 Å². The van der Waals surface area contributed by atoms with Gasteiger partial charge in [-0.2, -0.15) is 13.2 Å². The van der Waals surface area contributed by atoms with Crippen LogP contribution in [0.3, 0.4) is 0 Å². The number of fused-ring (bicyclic) bond motifs is 1. The highest BCUT2D eigenvalue weighted by molar-refractivity contribution is 5.94. The van der Waals surface area contributed by atoms with Gasteiger partial charge in [-0.25, -0.2) is 0 Å². The number of hydrogen-bond donors (Lipinski definition) is 0. The van der Waals surface area contributed by atoms with Gasteiger partial charge in [0, 0.05) is 30.2 Å². The van der Waals surface area contributed by atoms with Crippen LogP contribution in [0.25, 0.3) is 11.1 Å². The molecule has 0 aromatic heterocycles. The van der Waals surface area contributed by atoms with E-state index in [1.54, 1.807) is 4.90 Å². The number of carbonyl (C=O) groups is 1. The highest BCUT2D eigenvalue weighted by Gasteiger charge is 2.31. The van der Waals surface area contributed by atoms with Gasteiger partial charge in [0.1, 0.15) is 6.61 Å². The third-order valence-electron chi connectivity index (χ3n) is 6.80. The summed E-state index contributed by atoms with van der Waals surface area (Å²) >= 11 is 0. The van der Waals surface area contributed by atoms with Crippen LogP contribution in [0.2, 0.25) is 0 Å². The smallest absolute Gasteiger partial charge is 0.416 e. The van der Waals surface area contributed by atoms with Crippen molar-refractivity contribution < 1.29 is 32.2 Å². The molecule has 2 aliphatic heterocycles. The van der Waals surface area contributed by atoms with Crippen LogP contribution in [0.4, 0.5) is 13.2 Å². The van der Waals surface area contributed by atoms with E-state index in [0.717, 1.165) is 47.4 Å². The van der Waals surface area contributed by atoms with Crippen LogP contribution in [0.15, 0.2) is 60.7 Å². The minimum atomic E-state index is -4.45. The first kappa shape index (κ1) is 25.1. The SMILES string of the molecule is Cc1ccccc1-c1cc2c(c(OCC3CCOC3)c1)OCCN(C(=O)c1ccc(C(F)(F)F)cc1)C2. The van der Waals surface area contributed by atoms with E-state index in [-0.39, 0.29) is 24.6 Å². The molecule has 3 aromatic carbocycles. The summed E-state index contributed by atoms with van der Waals surface area (Å²) in [5, 5.41) is 0. The van der Waals surface area contributed by atoms with Crippen molar-refractivity contribution in [3.8, 4) is 22.6 Å². The average Bonchev–Trinajstić information content (AvgIpc) is 3.31. The summed E-state index contributed by atoms with van der Waals surface area (Å²) in [5.74, 6) is 1.17. The quantitative estimate of drug-likeness (QED) is 0.414. The fraction of sp³-hybridized carbons (Fsp3) is 0.345. The molecule has 0 radical (unpaired) electrons. The Labute approximate surface area is 213 Å². The summed E-state index contributed by atoms with van der Waals surface area (Å²) in [6.07, 6.45) is -3.51. The molecule has 0 aliphatic carbocycles. The van der Waals surface area contributed by atoms with Crippen LogP contribution >= 0.6 is 0 Å². The number of amides is 1. The summed E-state index contributed by atoms with van der Waals surface area (Å²) in [6.45, 7) is 4.71. The zero-order valence-electron chi connectivity index (χ0n) is 20.5. The zero-order valence-corrected chi connectivity index (χ0v) is 20.5. The maximum atomic E-state index is 13.3. The molecule has 0 saturated carbocycles. The van der Waals surface area contributed by atoms with Gasteiger partial charge < -0.3 is 19.1 Å². The van der Waals surface area contributed by atoms with Crippen molar-refractivity contribution in [1.29, 1.82) is 0 Å². The standard InChI is InChI=1S/C29H28F3NO4/c1-19-4-2-3-5-25(19)22-14-23-16-33(28(34)21-6-8-24(9-7-21)29(30,31)32)11-13-36-27(23)26(15-22)37-18-20-10-12-35-17-20/h2-9,14-15,20H,10-13,16-18H2,1H3. The Morgan fingerprint density at radius 1 is 1.08 bits per heavy atom. The molecule has 0 N–H and O–H groups in total. The number of ether oxygens (including phenoxy) is 3. The zero-order chi connectivity index (χ0) is 26.0. The second-order valence-electron chi connectivity index (χ2n) is 9.47. The van der Waals surface area contributed by atoms with Crippen LogP contribution in [-0.4, -0.2) is 43.8 Å². The van der Waals surface area contributed by atoms with Gasteiger partial charge in [-0.3, -0.25) is 4.79 Å². The topological polar surface area (TPSA) is 48.0 Å². The molecule has 5 rings (SSSR count). The van der Waals surface area contributed by atoms with E-state index in [1.807, 2.05) is 43.3 Å². The summed E-state index contributed by atoms with van der Waals surface area (Å²) in [5.41, 5.74) is 3.29. The number of benzene rings is 3. The number of aryl methyl sites for hydroxylation is 1. The lowest BCUT2D eigenvalue weighted by atomic mass is 9.97. The minimum Gasteiger partial charge on any atom is -0.489 e. The van der Waals surface area contributed by atoms with E-state index in [1.165, 1.54) is 12.1 Å². The number of alkyl halides is 3. The van der Waals surface area contributed by atoms with Crippen LogP contribution in [0.1, 0.15) is 33.5 Å². The number of hydrogen-bond acceptors (Lipinski definition) is 4. The highest BCUT2D eigenvalue weighted by Crippen LogP contribution is 2.40. The lowest BCUT2D eigenvalue weighted by Gasteiger charge is -2.21. The molecule has 1 amide bonds. The molecule has 0 bridgehead atoms. The molecule has 0 spiro atoms. The van der Waals surface area contributed by atoms with Gasteiger partial charge in [0.2, 0.25) is 0 Å². The molecule has 5 nitrogen and oxygen atoms in total. The van der Waals surface area contributed by atoms with Gasteiger partial charge in [0.05, 0.1) is 25.3 Å². The first-order chi connectivity index (χ1) is 17.8. The fourth-order valence-corrected chi connectivity index (χ4v) is 4.72. The predicted octanol–water partition coefficient (Wildman–Crippen LogP) is 6.13. The van der Waals surface area contributed by atoms with Crippen molar-refractivity contribution in [1.82, 2.24) is 4.90 Å². The van der Waals surface area contributed by atoms with Gasteiger partial charge >= 0.3 is 6.18 Å². The van der Waals surface area contributed by atoms with Crippen molar-refractivity contribution in [2.75, 3.05) is 33.0 Å². The van der Waals surface area contributed by atoms with E-state index < -0.39 is 11.7 Å². The monoisotopic (exact) mass is 511 g/mol. The van der Waals surface area contributed by atoms with Crippen LogP contribution < -0.4 is 9.47 Å². The average molecular weight is 512 g/mol. The summed E-state index contributed by atoms with van der Waals surface area (Å²) in [6, 6.07) is 16.3. The first-order valence-corrected chi connectivity index (χ1v) is 12.3. The molecule has 1 saturated heterocycles. The predicted molar refractivity (Wildman–Crippen MR) is 133 cm³/mol. The van der Waals surface area contributed by atoms with Crippen molar-refractivity contribution in [2.24, 2.45) is 5.92 Å². The second kappa shape index (κ2) is 10.5. The van der Waals surface area contributed by atoms with Crippen molar-refractivity contribution >= 4 is 5.91 Å². The van der Waals surface area contributed by atoms with E-state index in [0.29, 0.717) is 37.2 Å². The van der Waals surface area contributed by atoms with E-state index in [4.69, 9.17) is 14.2 Å². The molecule has 1 fully saturated rings. The van der Waals surface area contributed by atoms with E-state index >= 15 is 0 Å². The third kappa shape index (κ3) is 5.59. The Morgan fingerprint density at radius 2 is 1.86 bits per heavy atom. The van der Waals surface area contributed by atoms with Crippen molar-refractivity contribution in [3.63, 3.8) is 0 Å². The second-order valence-corrected chi connectivity index (χ2v) is 9.47. The molecule has 2 aliphatic rings.